The first-order chi connectivity index (χ1) is 11.8. The summed E-state index contributed by atoms with van der Waals surface area (Å²) < 4.78 is 51.3. The molecule has 0 saturated heterocycles. The third kappa shape index (κ3) is 2.59. The van der Waals surface area contributed by atoms with E-state index in [0.717, 1.165) is 7.11 Å². The van der Waals surface area contributed by atoms with Crippen molar-refractivity contribution in [2.45, 2.75) is 25.9 Å². The molecule has 0 aliphatic carbocycles. The van der Waals surface area contributed by atoms with Crippen LogP contribution in [0.5, 0.6) is 5.75 Å². The van der Waals surface area contributed by atoms with Gasteiger partial charge in [0.2, 0.25) is 0 Å². The highest BCUT2D eigenvalue weighted by molar-refractivity contribution is 6.18. The molecule has 3 rings (SSSR count). The van der Waals surface area contributed by atoms with Crippen molar-refractivity contribution in [1.29, 1.82) is 0 Å². The standard InChI is InChI=1S/C18H15F3O4/c1-3-6-10-14(18(19,20)21)16-12(13(15(10)22)17(23)24-2)9-7-4-5-8-11(9)25-16/h4-5,7-8,22H,3,6H2,1-2H3. The number of aromatic hydroxyl groups is 1. The van der Waals surface area contributed by atoms with Crippen LogP contribution >= 0.6 is 0 Å². The summed E-state index contributed by atoms with van der Waals surface area (Å²) in [5.74, 6) is -1.62. The second-order valence-electron chi connectivity index (χ2n) is 5.62. The number of fused-ring (bicyclic) bond motifs is 3. The van der Waals surface area contributed by atoms with Crippen LogP contribution in [0.1, 0.15) is 34.8 Å². The molecule has 0 atom stereocenters. The van der Waals surface area contributed by atoms with E-state index in [1.807, 2.05) is 0 Å². The van der Waals surface area contributed by atoms with Gasteiger partial charge in [-0.1, -0.05) is 31.5 Å². The third-order valence-electron chi connectivity index (χ3n) is 4.07. The van der Waals surface area contributed by atoms with Crippen molar-refractivity contribution in [2.24, 2.45) is 0 Å². The molecule has 0 spiro atoms. The Hall–Kier alpha value is -2.70. The van der Waals surface area contributed by atoms with Gasteiger partial charge in [0, 0.05) is 16.3 Å². The lowest BCUT2D eigenvalue weighted by Gasteiger charge is -2.17. The van der Waals surface area contributed by atoms with Gasteiger partial charge in [-0.05, 0) is 12.5 Å². The predicted octanol–water partition coefficient (Wildman–Crippen LogP) is 5.05. The number of phenols is 1. The topological polar surface area (TPSA) is 59.7 Å². The van der Waals surface area contributed by atoms with Gasteiger partial charge in [-0.15, -0.1) is 0 Å². The van der Waals surface area contributed by atoms with Crippen molar-refractivity contribution in [3.05, 3.63) is 41.0 Å². The SMILES string of the molecule is CCCc1c(O)c(C(=O)OC)c2c(oc3ccccc32)c1C(F)(F)F. The van der Waals surface area contributed by atoms with Crippen molar-refractivity contribution >= 4 is 27.9 Å². The highest BCUT2D eigenvalue weighted by Crippen LogP contribution is 2.47. The van der Waals surface area contributed by atoms with Crippen molar-refractivity contribution in [1.82, 2.24) is 0 Å². The van der Waals surface area contributed by atoms with E-state index < -0.39 is 29.0 Å². The lowest BCUT2D eigenvalue weighted by molar-refractivity contribution is -0.137. The minimum Gasteiger partial charge on any atom is -0.507 e. The summed E-state index contributed by atoms with van der Waals surface area (Å²) in [6, 6.07) is 6.27. The van der Waals surface area contributed by atoms with E-state index in [0.29, 0.717) is 11.8 Å². The quantitative estimate of drug-likeness (QED) is 0.670. The summed E-state index contributed by atoms with van der Waals surface area (Å²) in [5, 5.41) is 10.7. The second kappa shape index (κ2) is 5.98. The highest BCUT2D eigenvalue weighted by Gasteiger charge is 2.41. The summed E-state index contributed by atoms with van der Waals surface area (Å²) in [4.78, 5) is 12.2. The molecule has 25 heavy (non-hydrogen) atoms. The number of methoxy groups -OCH3 is 1. The smallest absolute Gasteiger partial charge is 0.420 e. The molecule has 2 aromatic carbocycles. The van der Waals surface area contributed by atoms with E-state index in [2.05, 4.69) is 4.74 Å². The molecule has 132 valence electrons. The number of ether oxygens (including phenoxy) is 1. The number of para-hydroxylation sites is 1. The molecule has 1 N–H and O–H groups in total. The average Bonchev–Trinajstić information content (AvgIpc) is 2.92. The Morgan fingerprint density at radius 2 is 1.96 bits per heavy atom. The molecule has 0 bridgehead atoms. The number of benzene rings is 2. The van der Waals surface area contributed by atoms with Gasteiger partial charge in [-0.3, -0.25) is 0 Å². The van der Waals surface area contributed by atoms with E-state index in [1.54, 1.807) is 19.1 Å². The second-order valence-corrected chi connectivity index (χ2v) is 5.62. The van der Waals surface area contributed by atoms with Crippen LogP contribution in [-0.2, 0) is 17.3 Å². The summed E-state index contributed by atoms with van der Waals surface area (Å²) >= 11 is 0. The Kier molecular flexibility index (Phi) is 4.10. The molecule has 1 aromatic heterocycles. The number of carbonyl (C=O) groups excluding carboxylic acids is 1. The predicted molar refractivity (Wildman–Crippen MR) is 85.7 cm³/mol. The number of esters is 1. The molecule has 0 saturated carbocycles. The Morgan fingerprint density at radius 1 is 1.28 bits per heavy atom. The molecule has 0 aliphatic heterocycles. The maximum atomic E-state index is 13.7. The number of hydrogen-bond acceptors (Lipinski definition) is 4. The van der Waals surface area contributed by atoms with Crippen LogP contribution in [0.2, 0.25) is 0 Å². The van der Waals surface area contributed by atoms with Gasteiger partial charge in [0.1, 0.15) is 28.0 Å². The van der Waals surface area contributed by atoms with Gasteiger partial charge in [-0.25, -0.2) is 4.79 Å². The first kappa shape index (κ1) is 17.1. The molecule has 4 nitrogen and oxygen atoms in total. The van der Waals surface area contributed by atoms with Crippen LogP contribution in [0.25, 0.3) is 21.9 Å². The van der Waals surface area contributed by atoms with Gasteiger partial charge in [0.05, 0.1) is 7.11 Å². The van der Waals surface area contributed by atoms with Gasteiger partial charge < -0.3 is 14.3 Å². The lowest BCUT2D eigenvalue weighted by atomic mass is 9.93. The Balaban J connectivity index is 2.61. The molecular weight excluding hydrogens is 337 g/mol. The maximum absolute atomic E-state index is 13.7. The van der Waals surface area contributed by atoms with E-state index in [1.165, 1.54) is 12.1 Å². The summed E-state index contributed by atoms with van der Waals surface area (Å²) in [7, 11) is 1.10. The fourth-order valence-corrected chi connectivity index (χ4v) is 3.09. The minimum absolute atomic E-state index is 0.0579. The fourth-order valence-electron chi connectivity index (χ4n) is 3.09. The van der Waals surface area contributed by atoms with Gasteiger partial charge in [0.15, 0.2) is 0 Å². The molecule has 0 unspecified atom stereocenters. The first-order valence-electron chi connectivity index (χ1n) is 7.65. The number of carbonyl (C=O) groups is 1. The number of phenolic OH excluding ortho intramolecular Hbond substituents is 1. The van der Waals surface area contributed by atoms with E-state index in [4.69, 9.17) is 4.42 Å². The summed E-state index contributed by atoms with van der Waals surface area (Å²) in [6.45, 7) is 1.68. The molecule has 7 heteroatoms. The molecule has 0 aliphatic rings. The highest BCUT2D eigenvalue weighted by atomic mass is 19.4. The zero-order valence-corrected chi connectivity index (χ0v) is 13.5. The monoisotopic (exact) mass is 352 g/mol. The van der Waals surface area contributed by atoms with Crippen molar-refractivity contribution in [2.75, 3.05) is 7.11 Å². The maximum Gasteiger partial charge on any atom is 0.420 e. The van der Waals surface area contributed by atoms with E-state index >= 15 is 0 Å². The molecule has 0 fully saturated rings. The molecule has 0 amide bonds. The number of furan rings is 1. The molecular formula is C18H15F3O4. The summed E-state index contributed by atoms with van der Waals surface area (Å²) in [6.07, 6.45) is -4.45. The third-order valence-corrected chi connectivity index (χ3v) is 4.07. The van der Waals surface area contributed by atoms with Crippen LogP contribution in [0, 0.1) is 0 Å². The van der Waals surface area contributed by atoms with Crippen LogP contribution in [0.15, 0.2) is 28.7 Å². The Bertz CT molecular complexity index is 970. The summed E-state index contributed by atoms with van der Waals surface area (Å²) in [5.41, 5.74) is -1.98. The van der Waals surface area contributed by atoms with E-state index in [9.17, 15) is 23.1 Å². The van der Waals surface area contributed by atoms with Gasteiger partial charge in [0.25, 0.3) is 0 Å². The number of alkyl halides is 3. The molecule has 1 heterocycles. The largest absolute Gasteiger partial charge is 0.507 e. The van der Waals surface area contributed by atoms with E-state index in [-0.39, 0.29) is 28.5 Å². The number of rotatable bonds is 3. The van der Waals surface area contributed by atoms with Crippen molar-refractivity contribution < 1.29 is 32.2 Å². The average molecular weight is 352 g/mol. The van der Waals surface area contributed by atoms with Gasteiger partial charge in [-0.2, -0.15) is 13.2 Å². The van der Waals surface area contributed by atoms with Crippen molar-refractivity contribution in [3.8, 4) is 5.75 Å². The van der Waals surface area contributed by atoms with Crippen molar-refractivity contribution in [3.63, 3.8) is 0 Å². The van der Waals surface area contributed by atoms with Crippen LogP contribution in [-0.4, -0.2) is 18.2 Å². The minimum atomic E-state index is -4.75. The first-order valence-corrected chi connectivity index (χ1v) is 7.65. The molecule has 3 aromatic rings. The Labute approximate surface area is 140 Å². The van der Waals surface area contributed by atoms with Crippen LogP contribution in [0.3, 0.4) is 0 Å². The van der Waals surface area contributed by atoms with Crippen LogP contribution in [0.4, 0.5) is 13.2 Å². The molecule has 0 radical (unpaired) electrons. The number of halogens is 3. The zero-order chi connectivity index (χ0) is 18.4. The zero-order valence-electron chi connectivity index (χ0n) is 13.5. The Morgan fingerprint density at radius 3 is 2.56 bits per heavy atom. The van der Waals surface area contributed by atoms with Gasteiger partial charge >= 0.3 is 12.1 Å². The fraction of sp³-hybridized carbons (Fsp3) is 0.278. The number of hydrogen-bond donors (Lipinski definition) is 1. The lowest BCUT2D eigenvalue weighted by Crippen LogP contribution is -2.13. The van der Waals surface area contributed by atoms with Crippen LogP contribution < -0.4 is 0 Å². The normalized spacial score (nSPS) is 12.0.